The number of fused-ring (bicyclic) bond motifs is 1. The Balaban J connectivity index is 1.47. The molecule has 0 spiro atoms. The van der Waals surface area contributed by atoms with Crippen LogP contribution in [0.3, 0.4) is 0 Å². The number of anilines is 1. The SMILES string of the molecule is O=C(CN1C(=O)COc2ccc(S(=O)(=O)N3CCOCC3)cc21)NCCc1ccccc1. The van der Waals surface area contributed by atoms with Gasteiger partial charge in [-0.15, -0.1) is 0 Å². The molecule has 1 saturated heterocycles. The fourth-order valence-electron chi connectivity index (χ4n) is 3.64. The largest absolute Gasteiger partial charge is 0.482 e. The van der Waals surface area contributed by atoms with Crippen LogP contribution in [0.4, 0.5) is 5.69 Å². The van der Waals surface area contributed by atoms with Gasteiger partial charge in [-0.1, -0.05) is 30.3 Å². The van der Waals surface area contributed by atoms with Gasteiger partial charge in [0.15, 0.2) is 6.61 Å². The Morgan fingerprint density at radius 2 is 1.81 bits per heavy atom. The van der Waals surface area contributed by atoms with Crippen molar-refractivity contribution in [1.29, 1.82) is 0 Å². The molecule has 2 heterocycles. The number of carbonyl (C=O) groups excluding carboxylic acids is 2. The summed E-state index contributed by atoms with van der Waals surface area (Å²) in [5.74, 6) is -0.372. The normalized spacial score (nSPS) is 16.9. The number of nitrogens with zero attached hydrogens (tertiary/aromatic N) is 2. The van der Waals surface area contributed by atoms with Crippen molar-refractivity contribution in [3.8, 4) is 5.75 Å². The van der Waals surface area contributed by atoms with Gasteiger partial charge < -0.3 is 14.8 Å². The van der Waals surface area contributed by atoms with Gasteiger partial charge in [-0.05, 0) is 30.2 Å². The van der Waals surface area contributed by atoms with E-state index < -0.39 is 15.9 Å². The lowest BCUT2D eigenvalue weighted by Gasteiger charge is -2.30. The fraction of sp³-hybridized carbons (Fsp3) is 0.364. The molecule has 9 nitrogen and oxygen atoms in total. The molecule has 4 rings (SSSR count). The van der Waals surface area contributed by atoms with Gasteiger partial charge in [-0.2, -0.15) is 4.31 Å². The minimum Gasteiger partial charge on any atom is -0.482 e. The smallest absolute Gasteiger partial charge is 0.265 e. The van der Waals surface area contributed by atoms with Crippen molar-refractivity contribution >= 4 is 27.5 Å². The molecule has 0 atom stereocenters. The molecule has 2 amide bonds. The van der Waals surface area contributed by atoms with Crippen molar-refractivity contribution in [2.45, 2.75) is 11.3 Å². The molecule has 0 bridgehead atoms. The number of rotatable bonds is 7. The number of carbonyl (C=O) groups is 2. The van der Waals surface area contributed by atoms with E-state index in [1.165, 1.54) is 27.4 Å². The van der Waals surface area contributed by atoms with Crippen molar-refractivity contribution in [2.75, 3.05) is 50.9 Å². The van der Waals surface area contributed by atoms with E-state index in [1.54, 1.807) is 0 Å². The molecular formula is C22H25N3O6S. The van der Waals surface area contributed by atoms with Gasteiger partial charge in [-0.3, -0.25) is 14.5 Å². The summed E-state index contributed by atoms with van der Waals surface area (Å²) in [6, 6.07) is 14.1. The van der Waals surface area contributed by atoms with Gasteiger partial charge in [0.1, 0.15) is 12.3 Å². The van der Waals surface area contributed by atoms with Crippen molar-refractivity contribution in [3.05, 3.63) is 54.1 Å². The fourth-order valence-corrected chi connectivity index (χ4v) is 5.07. The van der Waals surface area contributed by atoms with Crippen LogP contribution in [0.15, 0.2) is 53.4 Å². The third-order valence-corrected chi connectivity index (χ3v) is 7.26. The molecule has 0 saturated carbocycles. The zero-order valence-corrected chi connectivity index (χ0v) is 18.3. The number of benzene rings is 2. The lowest BCUT2D eigenvalue weighted by molar-refractivity contribution is -0.125. The topological polar surface area (TPSA) is 105 Å². The minimum absolute atomic E-state index is 0.0472. The van der Waals surface area contributed by atoms with Gasteiger partial charge in [0.25, 0.3) is 5.91 Å². The van der Waals surface area contributed by atoms with E-state index in [1.807, 2.05) is 30.3 Å². The first-order chi connectivity index (χ1) is 15.4. The van der Waals surface area contributed by atoms with E-state index in [9.17, 15) is 18.0 Å². The van der Waals surface area contributed by atoms with Crippen LogP contribution in [0.2, 0.25) is 0 Å². The third-order valence-electron chi connectivity index (χ3n) is 5.36. The number of hydrogen-bond acceptors (Lipinski definition) is 6. The molecule has 2 aromatic carbocycles. The van der Waals surface area contributed by atoms with Crippen LogP contribution in [-0.2, 0) is 30.8 Å². The summed E-state index contributed by atoms with van der Waals surface area (Å²) in [5.41, 5.74) is 1.37. The first-order valence-electron chi connectivity index (χ1n) is 10.4. The van der Waals surface area contributed by atoms with E-state index in [4.69, 9.17) is 9.47 Å². The first kappa shape index (κ1) is 22.3. The molecule has 1 N–H and O–H groups in total. The van der Waals surface area contributed by atoms with Crippen LogP contribution in [-0.4, -0.2) is 70.5 Å². The van der Waals surface area contributed by atoms with Crippen LogP contribution in [0, 0.1) is 0 Å². The summed E-state index contributed by atoms with van der Waals surface area (Å²) >= 11 is 0. The number of nitrogens with one attached hydrogen (secondary N) is 1. The Kier molecular flexibility index (Phi) is 6.73. The Morgan fingerprint density at radius 1 is 1.06 bits per heavy atom. The highest BCUT2D eigenvalue weighted by molar-refractivity contribution is 7.89. The molecule has 0 aliphatic carbocycles. The van der Waals surface area contributed by atoms with Crippen molar-refractivity contribution in [2.24, 2.45) is 0 Å². The van der Waals surface area contributed by atoms with E-state index >= 15 is 0 Å². The molecule has 0 aromatic heterocycles. The van der Waals surface area contributed by atoms with E-state index in [0.717, 1.165) is 5.56 Å². The molecule has 1 fully saturated rings. The number of sulfonamides is 1. The van der Waals surface area contributed by atoms with Crippen LogP contribution in [0.5, 0.6) is 5.75 Å². The number of ether oxygens (including phenoxy) is 2. The highest BCUT2D eigenvalue weighted by atomic mass is 32.2. The van der Waals surface area contributed by atoms with E-state index in [2.05, 4.69) is 5.32 Å². The lowest BCUT2D eigenvalue weighted by Crippen LogP contribution is -2.45. The van der Waals surface area contributed by atoms with Gasteiger partial charge in [0.05, 0.1) is 23.8 Å². The summed E-state index contributed by atoms with van der Waals surface area (Å²) in [7, 11) is -3.75. The van der Waals surface area contributed by atoms with E-state index in [-0.39, 0.29) is 42.7 Å². The Morgan fingerprint density at radius 3 is 2.56 bits per heavy atom. The zero-order valence-electron chi connectivity index (χ0n) is 17.5. The highest BCUT2D eigenvalue weighted by Crippen LogP contribution is 2.35. The minimum atomic E-state index is -3.75. The molecule has 0 unspecified atom stereocenters. The zero-order chi connectivity index (χ0) is 22.6. The van der Waals surface area contributed by atoms with E-state index in [0.29, 0.717) is 31.9 Å². The molecular weight excluding hydrogens is 434 g/mol. The van der Waals surface area contributed by atoms with Crippen molar-refractivity contribution < 1.29 is 27.5 Å². The summed E-state index contributed by atoms with van der Waals surface area (Å²) in [4.78, 5) is 26.3. The van der Waals surface area contributed by atoms with Crippen LogP contribution in [0.25, 0.3) is 0 Å². The molecule has 0 radical (unpaired) electrons. The second-order valence-corrected chi connectivity index (χ2v) is 9.44. The third kappa shape index (κ3) is 4.93. The molecule has 170 valence electrons. The molecule has 10 heteroatoms. The van der Waals surface area contributed by atoms with Gasteiger partial charge in [0.2, 0.25) is 15.9 Å². The van der Waals surface area contributed by atoms with Gasteiger partial charge in [-0.25, -0.2) is 8.42 Å². The van der Waals surface area contributed by atoms with Gasteiger partial charge >= 0.3 is 0 Å². The number of hydrogen-bond donors (Lipinski definition) is 1. The first-order valence-corrected chi connectivity index (χ1v) is 11.8. The second kappa shape index (κ2) is 9.68. The van der Waals surface area contributed by atoms with Crippen molar-refractivity contribution in [1.82, 2.24) is 9.62 Å². The maximum atomic E-state index is 13.0. The Labute approximate surface area is 187 Å². The Hall–Kier alpha value is -2.95. The quantitative estimate of drug-likeness (QED) is 0.657. The maximum absolute atomic E-state index is 13.0. The molecule has 2 aliphatic rings. The monoisotopic (exact) mass is 459 g/mol. The predicted octanol–water partition coefficient (Wildman–Crippen LogP) is 0.792. The summed E-state index contributed by atoms with van der Waals surface area (Å²) < 4.78 is 38.0. The van der Waals surface area contributed by atoms with Gasteiger partial charge in [0, 0.05) is 19.6 Å². The lowest BCUT2D eigenvalue weighted by atomic mass is 10.1. The summed E-state index contributed by atoms with van der Waals surface area (Å²) in [5, 5.41) is 2.81. The predicted molar refractivity (Wildman–Crippen MR) is 117 cm³/mol. The summed E-state index contributed by atoms with van der Waals surface area (Å²) in [6.07, 6.45) is 0.669. The standard InChI is InChI=1S/C22H25N3O6S/c26-21(23-9-8-17-4-2-1-3-5-17)15-25-19-14-18(6-7-20(19)31-16-22(25)27)32(28,29)24-10-12-30-13-11-24/h1-7,14H,8-13,15-16H2,(H,23,26). The molecule has 2 aliphatic heterocycles. The number of amides is 2. The molecule has 2 aromatic rings. The van der Waals surface area contributed by atoms with Crippen LogP contribution in [0.1, 0.15) is 5.56 Å². The Bertz CT molecular complexity index is 1080. The van der Waals surface area contributed by atoms with Crippen LogP contribution >= 0.6 is 0 Å². The molecule has 32 heavy (non-hydrogen) atoms. The average molecular weight is 460 g/mol. The van der Waals surface area contributed by atoms with Crippen LogP contribution < -0.4 is 15.0 Å². The summed E-state index contributed by atoms with van der Waals surface area (Å²) in [6.45, 7) is 1.21. The second-order valence-electron chi connectivity index (χ2n) is 7.50. The average Bonchev–Trinajstić information content (AvgIpc) is 2.82. The maximum Gasteiger partial charge on any atom is 0.265 e. The van der Waals surface area contributed by atoms with Crippen molar-refractivity contribution in [3.63, 3.8) is 0 Å². The highest BCUT2D eigenvalue weighted by Gasteiger charge is 2.31. The number of morpholine rings is 1.